The molecule has 1 N–H and O–H groups in total. The zero-order chi connectivity index (χ0) is 24.3. The van der Waals surface area contributed by atoms with Crippen LogP contribution in [-0.4, -0.2) is 50.2 Å². The smallest absolute Gasteiger partial charge is 0.243 e. The zero-order valence-corrected chi connectivity index (χ0v) is 20.7. The summed E-state index contributed by atoms with van der Waals surface area (Å²) in [6.45, 7) is 5.34. The molecule has 8 heteroatoms. The summed E-state index contributed by atoms with van der Waals surface area (Å²) < 4.78 is 27.8. The van der Waals surface area contributed by atoms with E-state index in [4.69, 9.17) is 0 Å². The van der Waals surface area contributed by atoms with Crippen molar-refractivity contribution in [2.75, 3.05) is 24.5 Å². The van der Waals surface area contributed by atoms with E-state index < -0.39 is 16.1 Å². The van der Waals surface area contributed by atoms with Crippen LogP contribution in [0.4, 0.5) is 5.69 Å². The molecular weight excluding hydrogens is 450 g/mol. The molecule has 0 aliphatic carbocycles. The number of carbonyl (C=O) groups is 2. The van der Waals surface area contributed by atoms with E-state index >= 15 is 0 Å². The highest BCUT2D eigenvalue weighted by Crippen LogP contribution is 2.35. The molecule has 7 nitrogen and oxygen atoms in total. The number of fused-ring (bicyclic) bond motifs is 1. The molecule has 2 aliphatic rings. The second-order valence-corrected chi connectivity index (χ2v) is 11.1. The fourth-order valence-electron chi connectivity index (χ4n) is 4.73. The molecule has 1 fully saturated rings. The molecule has 0 radical (unpaired) electrons. The van der Waals surface area contributed by atoms with Gasteiger partial charge in [-0.2, -0.15) is 4.31 Å². The van der Waals surface area contributed by atoms with Crippen molar-refractivity contribution >= 4 is 27.5 Å². The first-order valence-electron chi connectivity index (χ1n) is 12.1. The Bertz CT molecular complexity index is 1160. The molecule has 34 heavy (non-hydrogen) atoms. The number of piperidine rings is 1. The van der Waals surface area contributed by atoms with Crippen molar-refractivity contribution in [3.8, 4) is 0 Å². The predicted octanol–water partition coefficient (Wildman–Crippen LogP) is 3.20. The molecule has 2 heterocycles. The van der Waals surface area contributed by atoms with Gasteiger partial charge in [-0.05, 0) is 55.5 Å². The van der Waals surface area contributed by atoms with Crippen LogP contribution in [0.3, 0.4) is 0 Å². The van der Waals surface area contributed by atoms with Gasteiger partial charge in [-0.1, -0.05) is 43.2 Å². The fourth-order valence-corrected chi connectivity index (χ4v) is 6.30. The highest BCUT2D eigenvalue weighted by Gasteiger charge is 2.38. The minimum Gasteiger partial charge on any atom is -0.354 e. The topological polar surface area (TPSA) is 86.8 Å². The number of hydrogen-bond acceptors (Lipinski definition) is 4. The van der Waals surface area contributed by atoms with Gasteiger partial charge in [-0.25, -0.2) is 8.42 Å². The van der Waals surface area contributed by atoms with Crippen molar-refractivity contribution in [2.24, 2.45) is 0 Å². The molecule has 0 aromatic heterocycles. The Hall–Kier alpha value is -2.71. The summed E-state index contributed by atoms with van der Waals surface area (Å²) in [5, 5.41) is 2.97. The van der Waals surface area contributed by atoms with Gasteiger partial charge >= 0.3 is 0 Å². The number of nitrogens with one attached hydrogen (secondary N) is 1. The molecule has 2 aromatic carbocycles. The minimum absolute atomic E-state index is 0.149. The largest absolute Gasteiger partial charge is 0.354 e. The maximum atomic E-state index is 13.1. The number of rotatable bonds is 7. The van der Waals surface area contributed by atoms with Crippen LogP contribution in [0.2, 0.25) is 0 Å². The van der Waals surface area contributed by atoms with Crippen LogP contribution in [0.25, 0.3) is 0 Å². The van der Waals surface area contributed by atoms with E-state index in [0.717, 1.165) is 30.4 Å². The van der Waals surface area contributed by atoms with Gasteiger partial charge in [0.05, 0.1) is 4.90 Å². The van der Waals surface area contributed by atoms with E-state index in [2.05, 4.69) is 5.32 Å². The Kier molecular flexibility index (Phi) is 7.38. The van der Waals surface area contributed by atoms with Crippen molar-refractivity contribution in [2.45, 2.75) is 63.3 Å². The SMILES string of the molecule is CCC(=O)N1c2ccc(S(=O)(=O)N3CCCCC3)cc2C[C@H]1C(=O)NCCc1ccc(C)cc1. The first-order valence-corrected chi connectivity index (χ1v) is 13.5. The number of benzene rings is 2. The molecule has 1 saturated heterocycles. The van der Waals surface area contributed by atoms with E-state index in [0.29, 0.717) is 38.2 Å². The molecule has 0 saturated carbocycles. The standard InChI is InChI=1S/C26H33N3O4S/c1-3-25(30)29-23-12-11-22(34(32,33)28-15-5-4-6-16-28)17-21(23)18-24(29)26(31)27-14-13-20-9-7-19(2)8-10-20/h7-12,17,24H,3-6,13-16,18H2,1-2H3,(H,27,31)/t24-/m0/s1. The number of sulfonamides is 1. The molecule has 0 spiro atoms. The van der Waals surface area contributed by atoms with Crippen LogP contribution >= 0.6 is 0 Å². The van der Waals surface area contributed by atoms with Crippen LogP contribution in [0, 0.1) is 6.92 Å². The molecule has 2 amide bonds. The normalized spacial score (nSPS) is 18.5. The highest BCUT2D eigenvalue weighted by atomic mass is 32.2. The van der Waals surface area contributed by atoms with Gasteiger partial charge in [0.15, 0.2) is 0 Å². The summed E-state index contributed by atoms with van der Waals surface area (Å²) in [6, 6.07) is 12.4. The summed E-state index contributed by atoms with van der Waals surface area (Å²) in [7, 11) is -3.58. The lowest BCUT2D eigenvalue weighted by atomic mass is 10.1. The van der Waals surface area contributed by atoms with Crippen LogP contribution in [0.5, 0.6) is 0 Å². The van der Waals surface area contributed by atoms with Crippen LogP contribution in [0.15, 0.2) is 47.4 Å². The van der Waals surface area contributed by atoms with Gasteiger partial charge in [0.2, 0.25) is 21.8 Å². The van der Waals surface area contributed by atoms with Crippen LogP contribution in [0.1, 0.15) is 49.3 Å². The van der Waals surface area contributed by atoms with E-state index in [1.165, 1.54) is 14.8 Å². The molecule has 0 unspecified atom stereocenters. The van der Waals surface area contributed by atoms with Crippen molar-refractivity contribution in [1.82, 2.24) is 9.62 Å². The van der Waals surface area contributed by atoms with Gasteiger partial charge < -0.3 is 5.32 Å². The maximum Gasteiger partial charge on any atom is 0.243 e. The summed E-state index contributed by atoms with van der Waals surface area (Å²) in [4.78, 5) is 27.6. The molecular formula is C26H33N3O4S. The lowest BCUT2D eigenvalue weighted by molar-refractivity contribution is -0.126. The number of anilines is 1. The summed E-state index contributed by atoms with van der Waals surface area (Å²) in [5.41, 5.74) is 3.67. The quantitative estimate of drug-likeness (QED) is 0.655. The fraction of sp³-hybridized carbons (Fsp3) is 0.462. The third-order valence-electron chi connectivity index (χ3n) is 6.70. The van der Waals surface area contributed by atoms with Gasteiger partial charge in [-0.3, -0.25) is 14.5 Å². The second kappa shape index (κ2) is 10.3. The van der Waals surface area contributed by atoms with Gasteiger partial charge in [0.25, 0.3) is 0 Å². The van der Waals surface area contributed by atoms with Crippen molar-refractivity contribution in [3.05, 3.63) is 59.2 Å². The Morgan fingerprint density at radius 3 is 2.41 bits per heavy atom. The summed E-state index contributed by atoms with van der Waals surface area (Å²) in [5.74, 6) is -0.366. The Balaban J connectivity index is 1.50. The predicted molar refractivity (Wildman–Crippen MR) is 132 cm³/mol. The monoisotopic (exact) mass is 483 g/mol. The number of hydrogen-bond donors (Lipinski definition) is 1. The molecule has 182 valence electrons. The second-order valence-electron chi connectivity index (χ2n) is 9.12. The lowest BCUT2D eigenvalue weighted by Crippen LogP contribution is -2.48. The van der Waals surface area contributed by atoms with Gasteiger partial charge in [-0.15, -0.1) is 0 Å². The maximum absolute atomic E-state index is 13.1. The molecule has 1 atom stereocenters. The summed E-state index contributed by atoms with van der Waals surface area (Å²) >= 11 is 0. The molecule has 2 aliphatic heterocycles. The first kappa shape index (κ1) is 24.4. The first-order chi connectivity index (χ1) is 16.3. The van der Waals surface area contributed by atoms with E-state index in [9.17, 15) is 18.0 Å². The van der Waals surface area contributed by atoms with Crippen LogP contribution in [-0.2, 0) is 32.5 Å². The van der Waals surface area contributed by atoms with Crippen molar-refractivity contribution < 1.29 is 18.0 Å². The Morgan fingerprint density at radius 2 is 1.74 bits per heavy atom. The number of nitrogens with zero attached hydrogens (tertiary/aromatic N) is 2. The van der Waals surface area contributed by atoms with Crippen molar-refractivity contribution in [3.63, 3.8) is 0 Å². The minimum atomic E-state index is -3.58. The number of carbonyl (C=O) groups excluding carboxylic acids is 2. The van der Waals surface area contributed by atoms with E-state index in [-0.39, 0.29) is 23.1 Å². The Labute approximate surface area is 202 Å². The Morgan fingerprint density at radius 1 is 1.03 bits per heavy atom. The number of aryl methyl sites for hydroxylation is 1. The van der Waals surface area contributed by atoms with E-state index in [1.54, 1.807) is 25.1 Å². The molecule has 2 aromatic rings. The average molecular weight is 484 g/mol. The average Bonchev–Trinajstić information content (AvgIpc) is 3.24. The summed E-state index contributed by atoms with van der Waals surface area (Å²) in [6.07, 6.45) is 4.05. The number of amides is 2. The highest BCUT2D eigenvalue weighted by molar-refractivity contribution is 7.89. The van der Waals surface area contributed by atoms with Crippen LogP contribution < -0.4 is 10.2 Å². The van der Waals surface area contributed by atoms with Crippen molar-refractivity contribution in [1.29, 1.82) is 0 Å². The lowest BCUT2D eigenvalue weighted by Gasteiger charge is -2.26. The molecule has 0 bridgehead atoms. The van der Waals surface area contributed by atoms with Gasteiger partial charge in [0, 0.05) is 38.2 Å². The zero-order valence-electron chi connectivity index (χ0n) is 19.9. The molecule has 4 rings (SSSR count). The van der Waals surface area contributed by atoms with E-state index in [1.807, 2.05) is 31.2 Å². The third kappa shape index (κ3) is 5.03. The third-order valence-corrected chi connectivity index (χ3v) is 8.59. The van der Waals surface area contributed by atoms with Gasteiger partial charge in [0.1, 0.15) is 6.04 Å².